The number of nitrogen functional groups attached to an aromatic ring is 1. The van der Waals surface area contributed by atoms with Gasteiger partial charge in [0.15, 0.2) is 5.82 Å². The van der Waals surface area contributed by atoms with Crippen LogP contribution >= 0.6 is 0 Å². The number of terminal acetylenes is 1. The minimum atomic E-state index is -0.642. The lowest BCUT2D eigenvalue weighted by molar-refractivity contribution is 0.0829. The number of nitrogens with one attached hydrogen (secondary N) is 1. The molecule has 224 valence electrons. The summed E-state index contributed by atoms with van der Waals surface area (Å²) in [6, 6.07) is 7.06. The van der Waals surface area contributed by atoms with Gasteiger partial charge in [0.2, 0.25) is 0 Å². The van der Waals surface area contributed by atoms with Crippen molar-refractivity contribution in [2.75, 3.05) is 43.4 Å². The number of rotatable bonds is 5. The van der Waals surface area contributed by atoms with E-state index in [-0.39, 0.29) is 28.3 Å². The molecule has 0 radical (unpaired) electrons. The molecule has 9 rings (SSSR count). The van der Waals surface area contributed by atoms with Crippen molar-refractivity contribution in [2.45, 2.75) is 49.7 Å². The molecule has 10 heteroatoms. The molecule has 4 saturated heterocycles. The summed E-state index contributed by atoms with van der Waals surface area (Å²) in [4.78, 5) is 19.0. The number of piperidine rings is 1. The molecule has 3 N–H and O–H groups in total. The third kappa shape index (κ3) is 3.85. The SMILES string of the molecule is C#Cc1c(F)ccc2cc(N)cc(-c3ncc4c(N5C[C@H]6CC[C@@H](C5)N6)nc(OC[C@]56CCCN5C[C@H]5C[C@H]56)nc4c3F)c12. The topological polar surface area (TPSA) is 92.4 Å². The molecule has 1 aliphatic carbocycles. The number of benzene rings is 2. The lowest BCUT2D eigenvalue weighted by Crippen LogP contribution is -2.51. The molecule has 8 nitrogen and oxygen atoms in total. The van der Waals surface area contributed by atoms with Crippen LogP contribution in [-0.2, 0) is 0 Å². The molecule has 5 fully saturated rings. The molecular weight excluding hydrogens is 560 g/mol. The van der Waals surface area contributed by atoms with Crippen LogP contribution in [0.3, 0.4) is 0 Å². The van der Waals surface area contributed by atoms with Gasteiger partial charge in [-0.2, -0.15) is 9.97 Å². The highest BCUT2D eigenvalue weighted by atomic mass is 19.1. The summed E-state index contributed by atoms with van der Waals surface area (Å²) in [5.74, 6) is 3.28. The second-order valence-electron chi connectivity index (χ2n) is 13.3. The van der Waals surface area contributed by atoms with Crippen molar-refractivity contribution in [2.24, 2.45) is 11.8 Å². The van der Waals surface area contributed by atoms with Crippen LogP contribution < -0.4 is 20.7 Å². The van der Waals surface area contributed by atoms with Gasteiger partial charge in [0.05, 0.1) is 16.5 Å². The van der Waals surface area contributed by atoms with Crippen LogP contribution in [0.2, 0.25) is 0 Å². The van der Waals surface area contributed by atoms with E-state index in [2.05, 4.69) is 31.0 Å². The summed E-state index contributed by atoms with van der Waals surface area (Å²) < 4.78 is 38.1. The van der Waals surface area contributed by atoms with Gasteiger partial charge < -0.3 is 20.7 Å². The number of anilines is 2. The lowest BCUT2D eigenvalue weighted by Gasteiger charge is -2.35. The highest BCUT2D eigenvalue weighted by molar-refractivity contribution is 6.03. The van der Waals surface area contributed by atoms with Crippen molar-refractivity contribution in [1.29, 1.82) is 0 Å². The maximum absolute atomic E-state index is 16.8. The number of pyridine rings is 1. The largest absolute Gasteiger partial charge is 0.461 e. The molecule has 4 aliphatic heterocycles. The number of hydrogen-bond acceptors (Lipinski definition) is 8. The first-order valence-corrected chi connectivity index (χ1v) is 15.7. The number of hydrogen-bond donors (Lipinski definition) is 2. The maximum Gasteiger partial charge on any atom is 0.319 e. The van der Waals surface area contributed by atoms with Crippen LogP contribution in [0.4, 0.5) is 20.3 Å². The molecule has 5 atom stereocenters. The van der Waals surface area contributed by atoms with E-state index in [1.165, 1.54) is 12.5 Å². The summed E-state index contributed by atoms with van der Waals surface area (Å²) in [5.41, 5.74) is 7.13. The summed E-state index contributed by atoms with van der Waals surface area (Å²) in [6.45, 7) is 4.26. The quantitative estimate of drug-likeness (QED) is 0.259. The second kappa shape index (κ2) is 9.46. The number of aromatic nitrogens is 3. The van der Waals surface area contributed by atoms with E-state index >= 15 is 4.39 Å². The highest BCUT2D eigenvalue weighted by Crippen LogP contribution is 2.59. The number of nitrogens with zero attached hydrogens (tertiary/aromatic N) is 5. The Morgan fingerprint density at radius 1 is 1.14 bits per heavy atom. The zero-order valence-electron chi connectivity index (χ0n) is 24.3. The molecule has 6 heterocycles. The van der Waals surface area contributed by atoms with Crippen molar-refractivity contribution >= 4 is 33.2 Å². The molecule has 2 aromatic heterocycles. The smallest absolute Gasteiger partial charge is 0.319 e. The highest BCUT2D eigenvalue weighted by Gasteiger charge is 2.63. The fourth-order valence-corrected chi connectivity index (χ4v) is 8.78. The van der Waals surface area contributed by atoms with Gasteiger partial charge in [-0.15, -0.1) is 6.42 Å². The van der Waals surface area contributed by atoms with Gasteiger partial charge in [-0.1, -0.05) is 12.0 Å². The van der Waals surface area contributed by atoms with Crippen LogP contribution in [0.25, 0.3) is 32.9 Å². The van der Waals surface area contributed by atoms with E-state index in [0.717, 1.165) is 57.8 Å². The summed E-state index contributed by atoms with van der Waals surface area (Å²) >= 11 is 0. The number of nitrogens with two attached hydrogens (primary N) is 1. The number of ether oxygens (including phenoxy) is 1. The number of piperazine rings is 1. The summed E-state index contributed by atoms with van der Waals surface area (Å²) in [5, 5.41) is 5.17. The van der Waals surface area contributed by atoms with Crippen molar-refractivity contribution < 1.29 is 13.5 Å². The molecule has 44 heavy (non-hydrogen) atoms. The van der Waals surface area contributed by atoms with Gasteiger partial charge in [0.25, 0.3) is 0 Å². The molecule has 1 saturated carbocycles. The molecule has 0 spiro atoms. The number of fused-ring (bicyclic) bond motifs is 7. The Hall–Kier alpha value is -4.07. The molecule has 0 unspecified atom stereocenters. The number of halogens is 2. The van der Waals surface area contributed by atoms with Crippen molar-refractivity contribution in [3.63, 3.8) is 0 Å². The van der Waals surface area contributed by atoms with Crippen molar-refractivity contribution in [3.8, 4) is 29.6 Å². The molecule has 2 aromatic carbocycles. The summed E-state index contributed by atoms with van der Waals surface area (Å²) in [7, 11) is 0. The van der Waals surface area contributed by atoms with E-state index < -0.39 is 11.6 Å². The molecule has 4 aromatic rings. The fraction of sp³-hybridized carbons (Fsp3) is 0.441. The van der Waals surface area contributed by atoms with E-state index in [9.17, 15) is 4.39 Å². The third-order valence-corrected chi connectivity index (χ3v) is 10.8. The average molecular weight is 594 g/mol. The van der Waals surface area contributed by atoms with Gasteiger partial charge in [-0.05, 0) is 74.1 Å². The van der Waals surface area contributed by atoms with Crippen LogP contribution in [0.1, 0.15) is 37.7 Å². The molecular formula is C34H33F2N7O. The van der Waals surface area contributed by atoms with E-state index in [1.54, 1.807) is 24.4 Å². The van der Waals surface area contributed by atoms with Gasteiger partial charge in [0.1, 0.15) is 29.5 Å². The first-order valence-electron chi connectivity index (χ1n) is 15.7. The van der Waals surface area contributed by atoms with Gasteiger partial charge in [-0.25, -0.2) is 8.78 Å². The second-order valence-corrected chi connectivity index (χ2v) is 13.3. The van der Waals surface area contributed by atoms with Gasteiger partial charge in [0, 0.05) is 54.6 Å². The predicted octanol–water partition coefficient (Wildman–Crippen LogP) is 4.49. The van der Waals surface area contributed by atoms with Gasteiger partial charge in [-0.3, -0.25) is 9.88 Å². The normalized spacial score (nSPS) is 28.8. The van der Waals surface area contributed by atoms with E-state index in [0.29, 0.717) is 57.8 Å². The van der Waals surface area contributed by atoms with Crippen molar-refractivity contribution in [1.82, 2.24) is 25.2 Å². The third-order valence-electron chi connectivity index (χ3n) is 10.8. The van der Waals surface area contributed by atoms with Crippen LogP contribution in [0, 0.1) is 35.8 Å². The molecule has 5 aliphatic rings. The first-order chi connectivity index (χ1) is 21.4. The minimum Gasteiger partial charge on any atom is -0.461 e. The average Bonchev–Trinajstić information content (AvgIpc) is 3.39. The van der Waals surface area contributed by atoms with E-state index in [1.807, 2.05) is 0 Å². The fourth-order valence-electron chi connectivity index (χ4n) is 8.78. The standard InChI is InChI=1S/C34H33F2N7O/c1-2-23-27(35)7-4-18-10-20(37)12-24(28(18)23)30-29(36)31-25(13-38-30)32(42-15-21-5-6-22(16-42)39-21)41-33(40-31)44-17-34-8-3-9-43(34)14-19-11-26(19)34/h1,4,7,10,12-13,19,21-22,26,39H,3,5-6,8-9,11,14-17,37H2/t19-,21-,22+,26-,34+/m1/s1. The Morgan fingerprint density at radius 3 is 2.80 bits per heavy atom. The van der Waals surface area contributed by atoms with E-state index in [4.69, 9.17) is 21.9 Å². The Kier molecular flexibility index (Phi) is 5.67. The Balaban J connectivity index is 1.19. The maximum atomic E-state index is 16.8. The van der Waals surface area contributed by atoms with Crippen LogP contribution in [0.15, 0.2) is 30.5 Å². The first kappa shape index (κ1) is 26.3. The monoisotopic (exact) mass is 593 g/mol. The Morgan fingerprint density at radius 2 is 1.98 bits per heavy atom. The zero-order valence-corrected chi connectivity index (χ0v) is 24.3. The zero-order chi connectivity index (χ0) is 29.7. The van der Waals surface area contributed by atoms with Gasteiger partial charge >= 0.3 is 6.01 Å². The minimum absolute atomic E-state index is 0.00468. The summed E-state index contributed by atoms with van der Waals surface area (Å²) in [6.07, 6.45) is 13.1. The predicted molar refractivity (Wildman–Crippen MR) is 165 cm³/mol. The van der Waals surface area contributed by atoms with Crippen molar-refractivity contribution in [3.05, 3.63) is 47.7 Å². The molecule has 0 amide bonds. The van der Waals surface area contributed by atoms with Crippen LogP contribution in [0.5, 0.6) is 6.01 Å². The Bertz CT molecular complexity index is 1900. The van der Waals surface area contributed by atoms with Crippen LogP contribution in [-0.4, -0.2) is 70.3 Å². The molecule has 2 bridgehead atoms. The Labute approximate surface area is 254 Å². The lowest BCUT2D eigenvalue weighted by atomic mass is 9.92.